The van der Waals surface area contributed by atoms with Crippen LogP contribution in [0.1, 0.15) is 0 Å². The first-order valence-electron chi connectivity index (χ1n) is 1.23. The Labute approximate surface area is 64.3 Å². The van der Waals surface area contributed by atoms with Crippen LogP contribution in [0.3, 0.4) is 0 Å². The van der Waals surface area contributed by atoms with E-state index in [0.29, 0.717) is 0 Å². The van der Waals surface area contributed by atoms with Crippen LogP contribution in [0.2, 0.25) is 0 Å². The van der Waals surface area contributed by atoms with E-state index in [1.165, 1.54) is 0 Å². The van der Waals surface area contributed by atoms with Gasteiger partial charge in [-0.25, -0.2) is 0 Å². The van der Waals surface area contributed by atoms with Crippen LogP contribution in [-0.4, -0.2) is 18.1 Å². The summed E-state index contributed by atoms with van der Waals surface area (Å²) in [5.74, 6) is 0. The summed E-state index contributed by atoms with van der Waals surface area (Å²) in [5, 5.41) is 7.43. The predicted octanol–water partition coefficient (Wildman–Crippen LogP) is -1.00. The molecule has 0 aromatic carbocycles. The zero-order valence-corrected chi connectivity index (χ0v) is 6.75. The molecule has 9 heavy (non-hydrogen) atoms. The van der Waals surface area contributed by atoms with Crippen LogP contribution in [0.5, 0.6) is 0 Å². The molecule has 0 saturated heterocycles. The average Bonchev–Trinajstić information content (AvgIpc) is 1.21. The Hall–Kier alpha value is -0.202. The Balaban J connectivity index is 0. The Morgan fingerprint density at radius 3 is 1.89 bits per heavy atom. The third-order valence-electron chi connectivity index (χ3n) is 0.155. The van der Waals surface area contributed by atoms with Gasteiger partial charge in [-0.2, -0.15) is 12.7 Å². The Kier molecular flexibility index (Phi) is 4.83. The van der Waals surface area contributed by atoms with Crippen molar-refractivity contribution in [1.82, 2.24) is 0 Å². The van der Waals surface area contributed by atoms with Crippen molar-refractivity contribution in [1.29, 1.82) is 0 Å². The molecule has 0 rings (SSSR count). The summed E-state index contributed by atoms with van der Waals surface area (Å²) in [5.41, 5.74) is 0. The van der Waals surface area contributed by atoms with Crippen LogP contribution in [0, 0.1) is 10.1 Å². The quantitative estimate of drug-likeness (QED) is 0.393. The fourth-order valence-electron chi connectivity index (χ4n) is 0.0769. The summed E-state index contributed by atoms with van der Waals surface area (Å²) >= 11 is 0. The Morgan fingerprint density at radius 1 is 1.56 bits per heavy atom. The van der Waals surface area contributed by atoms with Gasteiger partial charge in [0.15, 0.2) is 0 Å². The van der Waals surface area contributed by atoms with Crippen LogP contribution < -0.4 is 0 Å². The zero-order valence-electron chi connectivity index (χ0n) is 3.66. The molecule has 0 aromatic rings. The SMILES string of the molecule is O=[N+]([O-])OS(=O)(=O)O.[Pt]. The molecule has 0 aliphatic rings. The van der Waals surface area contributed by atoms with E-state index < -0.39 is 15.5 Å². The Morgan fingerprint density at radius 2 is 1.89 bits per heavy atom. The van der Waals surface area contributed by atoms with E-state index in [0.717, 1.165) is 0 Å². The van der Waals surface area contributed by atoms with E-state index in [4.69, 9.17) is 14.7 Å². The molecule has 0 saturated carbocycles. The van der Waals surface area contributed by atoms with Crippen LogP contribution in [0.4, 0.5) is 0 Å². The third kappa shape index (κ3) is 11.4. The third-order valence-corrected chi connectivity index (χ3v) is 0.465. The molecule has 0 unspecified atom stereocenters. The van der Waals surface area contributed by atoms with Crippen molar-refractivity contribution in [3.8, 4) is 0 Å². The number of hydrogen-bond donors (Lipinski definition) is 1. The van der Waals surface area contributed by atoms with Crippen molar-refractivity contribution in [2.45, 2.75) is 0 Å². The average molecular weight is 338 g/mol. The standard InChI is InChI=1S/HNO6S.Pt/c2-1(3)7-8(4,5)6;/h(H,4,5,6);. The van der Waals surface area contributed by atoms with Crippen molar-refractivity contribution >= 4 is 10.4 Å². The summed E-state index contributed by atoms with van der Waals surface area (Å²) in [6.45, 7) is 0. The Bertz CT molecular complexity index is 179. The van der Waals surface area contributed by atoms with Crippen LogP contribution in [0.15, 0.2) is 0 Å². The number of hydrogen-bond acceptors (Lipinski definition) is 5. The van der Waals surface area contributed by atoms with Crippen molar-refractivity contribution < 1.29 is 43.4 Å². The fraction of sp³-hybridized carbons (Fsp3) is 0. The molecule has 58 valence electrons. The van der Waals surface area contributed by atoms with Gasteiger partial charge in [-0.1, -0.05) is 0 Å². The van der Waals surface area contributed by atoms with Crippen molar-refractivity contribution in [3.63, 3.8) is 0 Å². The summed E-state index contributed by atoms with van der Waals surface area (Å²) in [6, 6.07) is 0. The zero-order chi connectivity index (χ0) is 6.78. The van der Waals surface area contributed by atoms with Gasteiger partial charge in [-0.15, -0.1) is 10.1 Å². The maximum atomic E-state index is 9.33. The van der Waals surface area contributed by atoms with Crippen molar-refractivity contribution in [3.05, 3.63) is 10.1 Å². The maximum absolute atomic E-state index is 9.33. The van der Waals surface area contributed by atoms with Gasteiger partial charge in [0.2, 0.25) is 0 Å². The van der Waals surface area contributed by atoms with Gasteiger partial charge in [0, 0.05) is 21.1 Å². The molecular weight excluding hydrogens is 337 g/mol. The van der Waals surface area contributed by atoms with E-state index in [1.54, 1.807) is 0 Å². The summed E-state index contributed by atoms with van der Waals surface area (Å²) < 4.78 is 28.9. The molecule has 0 aliphatic carbocycles. The summed E-state index contributed by atoms with van der Waals surface area (Å²) in [4.78, 5) is 9.06. The molecule has 0 spiro atoms. The molecular formula is HNO6PtS. The van der Waals surface area contributed by atoms with Gasteiger partial charge in [0.1, 0.15) is 0 Å². The van der Waals surface area contributed by atoms with E-state index >= 15 is 0 Å². The first-order valence-corrected chi connectivity index (χ1v) is 2.60. The summed E-state index contributed by atoms with van der Waals surface area (Å²) in [6.07, 6.45) is 0. The minimum Gasteiger partial charge on any atom is -0.265 e. The molecule has 0 bridgehead atoms. The maximum Gasteiger partial charge on any atom is 0.429 e. The number of rotatable bonds is 2. The monoisotopic (exact) mass is 338 g/mol. The van der Waals surface area contributed by atoms with Crippen LogP contribution >= 0.6 is 0 Å². The molecule has 0 aliphatic heterocycles. The predicted molar refractivity (Wildman–Crippen MR) is 19.6 cm³/mol. The molecule has 0 atom stereocenters. The van der Waals surface area contributed by atoms with E-state index in [2.05, 4.69) is 4.28 Å². The normalized spacial score (nSPS) is 9.44. The van der Waals surface area contributed by atoms with Gasteiger partial charge >= 0.3 is 15.5 Å². The van der Waals surface area contributed by atoms with E-state index in [1.807, 2.05) is 0 Å². The minimum atomic E-state index is -4.92. The molecule has 0 amide bonds. The first-order chi connectivity index (χ1) is 3.42. The fourth-order valence-corrected chi connectivity index (χ4v) is 0.231. The number of nitrogens with zero attached hydrogens (tertiary/aromatic N) is 1. The van der Waals surface area contributed by atoms with Crippen molar-refractivity contribution in [2.75, 3.05) is 0 Å². The molecule has 0 radical (unpaired) electrons. The second-order valence-electron chi connectivity index (χ2n) is 0.726. The molecule has 0 aromatic heterocycles. The molecule has 1 N–H and O–H groups in total. The summed E-state index contributed by atoms with van der Waals surface area (Å²) in [7, 11) is -4.92. The molecule has 0 fully saturated rings. The molecule has 9 heteroatoms. The topological polar surface area (TPSA) is 107 Å². The van der Waals surface area contributed by atoms with E-state index in [-0.39, 0.29) is 21.1 Å². The largest absolute Gasteiger partial charge is 0.429 e. The first kappa shape index (κ1) is 11.6. The smallest absolute Gasteiger partial charge is 0.265 e. The van der Waals surface area contributed by atoms with Gasteiger partial charge in [-0.05, 0) is 0 Å². The van der Waals surface area contributed by atoms with Gasteiger partial charge in [0.25, 0.3) is 0 Å². The van der Waals surface area contributed by atoms with Gasteiger partial charge in [0.05, 0.1) is 0 Å². The second kappa shape index (κ2) is 3.75. The van der Waals surface area contributed by atoms with Crippen LogP contribution in [-0.2, 0) is 35.7 Å². The minimum absolute atomic E-state index is 0. The second-order valence-corrected chi connectivity index (χ2v) is 1.73. The van der Waals surface area contributed by atoms with Crippen LogP contribution in [0.25, 0.3) is 0 Å². The molecule has 0 heterocycles. The van der Waals surface area contributed by atoms with Gasteiger partial charge in [-0.3, -0.25) is 4.55 Å². The molecule has 7 nitrogen and oxygen atoms in total. The van der Waals surface area contributed by atoms with Crippen molar-refractivity contribution in [2.24, 2.45) is 0 Å². The van der Waals surface area contributed by atoms with Gasteiger partial charge < -0.3 is 0 Å². The van der Waals surface area contributed by atoms with E-state index in [9.17, 15) is 8.42 Å².